The van der Waals surface area contributed by atoms with E-state index in [-0.39, 0.29) is 0 Å². The van der Waals surface area contributed by atoms with Crippen molar-refractivity contribution < 1.29 is 4.74 Å². The van der Waals surface area contributed by atoms with Gasteiger partial charge in [-0.25, -0.2) is 4.98 Å². The van der Waals surface area contributed by atoms with Gasteiger partial charge >= 0.3 is 0 Å². The largest absolute Gasteiger partial charge is 0.493 e. The van der Waals surface area contributed by atoms with E-state index >= 15 is 0 Å². The number of hydrogen-bond donors (Lipinski definition) is 1. The average molecular weight is 382 g/mol. The van der Waals surface area contributed by atoms with Crippen LogP contribution in [0.3, 0.4) is 0 Å². The summed E-state index contributed by atoms with van der Waals surface area (Å²) in [6.45, 7) is 5.96. The minimum atomic E-state index is 0.472. The molecular formula is C22H24ClN3O. The second kappa shape index (κ2) is 7.02. The van der Waals surface area contributed by atoms with Gasteiger partial charge in [0.05, 0.1) is 12.1 Å². The molecule has 27 heavy (non-hydrogen) atoms. The fraction of sp³-hybridized carbons (Fsp3) is 0.318. The van der Waals surface area contributed by atoms with E-state index in [1.807, 2.05) is 19.2 Å². The van der Waals surface area contributed by atoms with E-state index in [0.717, 1.165) is 50.4 Å². The predicted molar refractivity (Wildman–Crippen MR) is 114 cm³/mol. The van der Waals surface area contributed by atoms with Crippen LogP contribution in [-0.2, 0) is 0 Å². The van der Waals surface area contributed by atoms with Gasteiger partial charge in [0, 0.05) is 34.9 Å². The van der Waals surface area contributed by atoms with Crippen molar-refractivity contribution in [2.24, 2.45) is 5.92 Å². The fourth-order valence-corrected chi connectivity index (χ4v) is 4.03. The van der Waals surface area contributed by atoms with Gasteiger partial charge in [0.15, 0.2) is 0 Å². The number of pyridine rings is 1. The van der Waals surface area contributed by atoms with Crippen LogP contribution < -0.4 is 4.74 Å². The van der Waals surface area contributed by atoms with Crippen LogP contribution in [0.5, 0.6) is 5.75 Å². The Morgan fingerprint density at radius 2 is 2.00 bits per heavy atom. The summed E-state index contributed by atoms with van der Waals surface area (Å²) in [7, 11) is 4.17. The average Bonchev–Trinajstić information content (AvgIpc) is 3.03. The number of halogens is 1. The molecule has 2 aromatic heterocycles. The summed E-state index contributed by atoms with van der Waals surface area (Å²) in [5.41, 5.74) is 3.22. The lowest BCUT2D eigenvalue weighted by atomic mass is 10.0. The summed E-state index contributed by atoms with van der Waals surface area (Å²) >= 11 is 6.45. The molecule has 0 radical (unpaired) electrons. The second-order valence-corrected chi connectivity index (χ2v) is 8.01. The number of nitrogens with one attached hydrogen (secondary N) is 1. The molecule has 5 heteroatoms. The molecule has 1 N–H and O–H groups in total. The molecule has 0 aliphatic heterocycles. The van der Waals surface area contributed by atoms with Crippen molar-refractivity contribution in [2.45, 2.75) is 13.8 Å². The van der Waals surface area contributed by atoms with Crippen LogP contribution in [0.4, 0.5) is 0 Å². The molecule has 4 rings (SSSR count). The molecule has 4 aromatic rings. The number of hydrogen-bond acceptors (Lipinski definition) is 3. The third kappa shape index (κ3) is 3.35. The molecule has 2 heterocycles. The molecule has 1 atom stereocenters. The van der Waals surface area contributed by atoms with Gasteiger partial charge in [0.2, 0.25) is 0 Å². The van der Waals surface area contributed by atoms with Crippen LogP contribution >= 0.6 is 11.6 Å². The van der Waals surface area contributed by atoms with E-state index in [1.165, 1.54) is 0 Å². The van der Waals surface area contributed by atoms with Gasteiger partial charge in [-0.15, -0.1) is 0 Å². The Hall–Kier alpha value is -2.30. The van der Waals surface area contributed by atoms with Crippen molar-refractivity contribution in [1.82, 2.24) is 14.9 Å². The van der Waals surface area contributed by atoms with Crippen LogP contribution in [-0.4, -0.2) is 42.1 Å². The molecule has 140 valence electrons. The number of benzene rings is 2. The highest BCUT2D eigenvalue weighted by molar-refractivity contribution is 6.38. The number of aromatic amines is 1. The predicted octanol–water partition coefficient (Wildman–Crippen LogP) is 5.41. The maximum absolute atomic E-state index is 6.45. The third-order valence-corrected chi connectivity index (χ3v) is 5.22. The molecule has 0 aliphatic rings. The lowest BCUT2D eigenvalue weighted by molar-refractivity contribution is 0.222. The van der Waals surface area contributed by atoms with Crippen LogP contribution in [0, 0.1) is 12.8 Å². The van der Waals surface area contributed by atoms with E-state index in [9.17, 15) is 0 Å². The van der Waals surface area contributed by atoms with E-state index in [1.54, 1.807) is 0 Å². The molecule has 4 nitrogen and oxygen atoms in total. The maximum atomic E-state index is 6.45. The number of aromatic nitrogens is 2. The minimum Gasteiger partial charge on any atom is -0.493 e. The van der Waals surface area contributed by atoms with E-state index in [0.29, 0.717) is 17.7 Å². The molecule has 0 amide bonds. The Bertz CT molecular complexity index is 1130. The number of rotatable bonds is 5. The summed E-state index contributed by atoms with van der Waals surface area (Å²) in [6, 6.07) is 10.5. The Morgan fingerprint density at radius 3 is 2.78 bits per heavy atom. The summed E-state index contributed by atoms with van der Waals surface area (Å²) < 4.78 is 6.03. The number of fused-ring (bicyclic) bond motifs is 5. The van der Waals surface area contributed by atoms with Crippen LogP contribution in [0.15, 0.2) is 36.5 Å². The van der Waals surface area contributed by atoms with Gasteiger partial charge in [-0.3, -0.25) is 0 Å². The first-order valence-electron chi connectivity index (χ1n) is 9.21. The third-order valence-electron chi connectivity index (χ3n) is 4.93. The van der Waals surface area contributed by atoms with Crippen molar-refractivity contribution in [3.63, 3.8) is 0 Å². The SMILES string of the molecule is Cc1cnc(Cl)c2c1[nH]c1ccc3cc(OCC(C)CN(C)C)ccc3c12. The zero-order valence-electron chi connectivity index (χ0n) is 16.1. The molecule has 0 saturated carbocycles. The van der Waals surface area contributed by atoms with E-state index in [2.05, 4.69) is 60.2 Å². The molecule has 0 fully saturated rings. The molecule has 0 aliphatic carbocycles. The highest BCUT2D eigenvalue weighted by atomic mass is 35.5. The van der Waals surface area contributed by atoms with Crippen LogP contribution in [0.1, 0.15) is 12.5 Å². The van der Waals surface area contributed by atoms with Gasteiger partial charge < -0.3 is 14.6 Å². The maximum Gasteiger partial charge on any atom is 0.139 e. The lowest BCUT2D eigenvalue weighted by Crippen LogP contribution is -2.24. The van der Waals surface area contributed by atoms with Crippen LogP contribution in [0.25, 0.3) is 32.6 Å². The van der Waals surface area contributed by atoms with Crippen molar-refractivity contribution >= 4 is 44.2 Å². The quantitative estimate of drug-likeness (QED) is 0.470. The molecule has 1 unspecified atom stereocenters. The van der Waals surface area contributed by atoms with Crippen LogP contribution in [0.2, 0.25) is 5.15 Å². The lowest BCUT2D eigenvalue weighted by Gasteiger charge is -2.17. The smallest absolute Gasteiger partial charge is 0.139 e. The van der Waals surface area contributed by atoms with Gasteiger partial charge in [-0.2, -0.15) is 0 Å². The Kier molecular flexibility index (Phi) is 4.70. The Balaban J connectivity index is 1.76. The summed E-state index contributed by atoms with van der Waals surface area (Å²) in [6.07, 6.45) is 1.81. The van der Waals surface area contributed by atoms with Gasteiger partial charge in [0.1, 0.15) is 10.9 Å². The first-order chi connectivity index (χ1) is 12.9. The number of nitrogens with zero attached hydrogens (tertiary/aromatic N) is 2. The van der Waals surface area contributed by atoms with Crippen molar-refractivity contribution in [2.75, 3.05) is 27.2 Å². The van der Waals surface area contributed by atoms with Gasteiger partial charge in [-0.1, -0.05) is 24.6 Å². The van der Waals surface area contributed by atoms with E-state index in [4.69, 9.17) is 16.3 Å². The number of aryl methyl sites for hydroxylation is 1. The second-order valence-electron chi connectivity index (χ2n) is 7.66. The zero-order chi connectivity index (χ0) is 19.1. The van der Waals surface area contributed by atoms with Crippen molar-refractivity contribution in [1.29, 1.82) is 0 Å². The molecule has 2 aromatic carbocycles. The normalized spacial score (nSPS) is 13.1. The minimum absolute atomic E-state index is 0.472. The summed E-state index contributed by atoms with van der Waals surface area (Å²) in [5, 5.41) is 4.94. The topological polar surface area (TPSA) is 41.1 Å². The van der Waals surface area contributed by atoms with E-state index < -0.39 is 0 Å². The Morgan fingerprint density at radius 1 is 1.19 bits per heavy atom. The highest BCUT2D eigenvalue weighted by Crippen LogP contribution is 2.37. The molecule has 0 spiro atoms. The monoisotopic (exact) mass is 381 g/mol. The van der Waals surface area contributed by atoms with Gasteiger partial charge in [0.25, 0.3) is 0 Å². The molecule has 0 saturated heterocycles. The number of H-pyrrole nitrogens is 1. The zero-order valence-corrected chi connectivity index (χ0v) is 16.9. The standard InChI is InChI=1S/C22H24ClN3O/c1-13(11-26(3)4)12-27-16-6-7-17-15(9-16)5-8-18-19(17)20-21(25-18)14(2)10-24-22(20)23/h5-10,13,25H,11-12H2,1-4H3. The van der Waals surface area contributed by atoms with Gasteiger partial charge in [-0.05, 0) is 61.6 Å². The van der Waals surface area contributed by atoms with Crippen molar-refractivity contribution in [3.05, 3.63) is 47.2 Å². The summed E-state index contributed by atoms with van der Waals surface area (Å²) in [5.74, 6) is 1.37. The first-order valence-corrected chi connectivity index (χ1v) is 9.58. The Labute approximate surface area is 164 Å². The first kappa shape index (κ1) is 18.1. The van der Waals surface area contributed by atoms with Crippen molar-refractivity contribution in [3.8, 4) is 5.75 Å². The highest BCUT2D eigenvalue weighted by Gasteiger charge is 2.14. The summed E-state index contributed by atoms with van der Waals surface area (Å²) in [4.78, 5) is 10.0. The number of ether oxygens (including phenoxy) is 1. The fourth-order valence-electron chi connectivity index (χ4n) is 3.79. The molecule has 0 bridgehead atoms. The molecular weight excluding hydrogens is 358 g/mol.